The minimum absolute atomic E-state index is 0.408. The number of benzene rings is 1. The summed E-state index contributed by atoms with van der Waals surface area (Å²) in [7, 11) is 0. The second kappa shape index (κ2) is 4.08. The van der Waals surface area contributed by atoms with E-state index in [1.807, 2.05) is 24.3 Å². The SMILES string of the molecule is CC(C)Nc1cccc(-c2nn[nH]n2)c1. The summed E-state index contributed by atoms with van der Waals surface area (Å²) in [5.74, 6) is 0.613. The van der Waals surface area contributed by atoms with Crippen molar-refractivity contribution in [2.24, 2.45) is 0 Å². The average molecular weight is 203 g/mol. The van der Waals surface area contributed by atoms with Gasteiger partial charge in [0.05, 0.1) is 0 Å². The van der Waals surface area contributed by atoms with Crippen molar-refractivity contribution in [3.8, 4) is 11.4 Å². The van der Waals surface area contributed by atoms with Gasteiger partial charge in [-0.1, -0.05) is 12.1 Å². The summed E-state index contributed by atoms with van der Waals surface area (Å²) in [5, 5.41) is 17.2. The molecule has 1 aromatic carbocycles. The van der Waals surface area contributed by atoms with E-state index in [0.29, 0.717) is 11.9 Å². The van der Waals surface area contributed by atoms with Gasteiger partial charge in [0.15, 0.2) is 0 Å². The van der Waals surface area contributed by atoms with Crippen LogP contribution in [0.15, 0.2) is 24.3 Å². The maximum atomic E-state index is 3.93. The monoisotopic (exact) mass is 203 g/mol. The van der Waals surface area contributed by atoms with E-state index in [-0.39, 0.29) is 0 Å². The van der Waals surface area contributed by atoms with Crippen molar-refractivity contribution in [3.05, 3.63) is 24.3 Å². The Labute approximate surface area is 87.9 Å². The van der Waals surface area contributed by atoms with E-state index in [4.69, 9.17) is 0 Å². The smallest absolute Gasteiger partial charge is 0.204 e. The first-order valence-electron chi connectivity index (χ1n) is 4.86. The van der Waals surface area contributed by atoms with E-state index >= 15 is 0 Å². The highest BCUT2D eigenvalue weighted by Gasteiger charge is 2.03. The molecule has 1 aromatic heterocycles. The largest absolute Gasteiger partial charge is 0.383 e. The Bertz CT molecular complexity index is 421. The van der Waals surface area contributed by atoms with Gasteiger partial charge in [-0.2, -0.15) is 5.21 Å². The molecule has 0 aliphatic rings. The van der Waals surface area contributed by atoms with Gasteiger partial charge in [-0.3, -0.25) is 0 Å². The molecule has 0 bridgehead atoms. The van der Waals surface area contributed by atoms with Crippen molar-refractivity contribution >= 4 is 5.69 Å². The van der Waals surface area contributed by atoms with Crippen LogP contribution in [0.3, 0.4) is 0 Å². The van der Waals surface area contributed by atoms with Crippen molar-refractivity contribution in [2.75, 3.05) is 5.32 Å². The molecule has 0 unspecified atom stereocenters. The zero-order chi connectivity index (χ0) is 10.7. The number of H-pyrrole nitrogens is 1. The number of hydrogen-bond acceptors (Lipinski definition) is 4. The van der Waals surface area contributed by atoms with Gasteiger partial charge >= 0.3 is 0 Å². The standard InChI is InChI=1S/C10H13N5/c1-7(2)11-9-5-3-4-8(6-9)10-12-14-15-13-10/h3-7,11H,1-2H3,(H,12,13,14,15). The summed E-state index contributed by atoms with van der Waals surface area (Å²) in [6, 6.07) is 8.35. The molecule has 0 amide bonds. The molecule has 5 heteroatoms. The van der Waals surface area contributed by atoms with Crippen molar-refractivity contribution in [1.82, 2.24) is 20.6 Å². The zero-order valence-corrected chi connectivity index (χ0v) is 8.73. The lowest BCUT2D eigenvalue weighted by atomic mass is 10.2. The van der Waals surface area contributed by atoms with Crippen molar-refractivity contribution in [3.63, 3.8) is 0 Å². The maximum absolute atomic E-state index is 3.93. The molecule has 2 N–H and O–H groups in total. The highest BCUT2D eigenvalue weighted by molar-refractivity contribution is 5.61. The number of nitrogens with zero attached hydrogens (tertiary/aromatic N) is 3. The number of nitrogens with one attached hydrogen (secondary N) is 2. The summed E-state index contributed by atoms with van der Waals surface area (Å²) < 4.78 is 0. The predicted molar refractivity (Wildman–Crippen MR) is 58.4 cm³/mol. The van der Waals surface area contributed by atoms with Crippen LogP contribution in [0.25, 0.3) is 11.4 Å². The minimum atomic E-state index is 0.408. The fourth-order valence-electron chi connectivity index (χ4n) is 1.37. The number of rotatable bonds is 3. The Kier molecular flexibility index (Phi) is 2.62. The lowest BCUT2D eigenvalue weighted by Gasteiger charge is -2.09. The van der Waals surface area contributed by atoms with E-state index in [1.165, 1.54) is 0 Å². The lowest BCUT2D eigenvalue weighted by molar-refractivity contribution is 0.881. The second-order valence-corrected chi connectivity index (χ2v) is 3.62. The summed E-state index contributed by atoms with van der Waals surface area (Å²) in [5.41, 5.74) is 2.02. The van der Waals surface area contributed by atoms with Gasteiger partial charge in [-0.25, -0.2) is 0 Å². The van der Waals surface area contributed by atoms with Crippen LogP contribution < -0.4 is 5.32 Å². The Balaban J connectivity index is 2.27. The molecule has 15 heavy (non-hydrogen) atoms. The molecule has 0 radical (unpaired) electrons. The normalized spacial score (nSPS) is 10.6. The number of aromatic amines is 1. The number of anilines is 1. The molecule has 5 nitrogen and oxygen atoms in total. The molecule has 2 aromatic rings. The topological polar surface area (TPSA) is 66.5 Å². The maximum Gasteiger partial charge on any atom is 0.204 e. The predicted octanol–water partition coefficient (Wildman–Crippen LogP) is 1.69. The first-order valence-corrected chi connectivity index (χ1v) is 4.86. The molecule has 0 spiro atoms. The zero-order valence-electron chi connectivity index (χ0n) is 8.73. The number of aromatic nitrogens is 4. The van der Waals surface area contributed by atoms with E-state index in [2.05, 4.69) is 39.8 Å². The molecule has 78 valence electrons. The lowest BCUT2D eigenvalue weighted by Crippen LogP contribution is -2.09. The van der Waals surface area contributed by atoms with Crippen LogP contribution >= 0.6 is 0 Å². The Morgan fingerprint density at radius 2 is 2.20 bits per heavy atom. The van der Waals surface area contributed by atoms with Crippen molar-refractivity contribution in [1.29, 1.82) is 0 Å². The van der Waals surface area contributed by atoms with Crippen LogP contribution in [-0.2, 0) is 0 Å². The average Bonchev–Trinajstić information content (AvgIpc) is 2.69. The van der Waals surface area contributed by atoms with Gasteiger partial charge in [0.1, 0.15) is 0 Å². The molecule has 0 saturated carbocycles. The molecule has 0 aliphatic heterocycles. The summed E-state index contributed by atoms with van der Waals surface area (Å²) in [6.45, 7) is 4.20. The molecule has 0 aliphatic carbocycles. The van der Waals surface area contributed by atoms with E-state index in [9.17, 15) is 0 Å². The van der Waals surface area contributed by atoms with E-state index in [1.54, 1.807) is 0 Å². The molecule has 0 saturated heterocycles. The quantitative estimate of drug-likeness (QED) is 0.796. The van der Waals surface area contributed by atoms with Crippen molar-refractivity contribution in [2.45, 2.75) is 19.9 Å². The van der Waals surface area contributed by atoms with Gasteiger partial charge in [0, 0.05) is 17.3 Å². The molecule has 2 rings (SSSR count). The molecular weight excluding hydrogens is 190 g/mol. The van der Waals surface area contributed by atoms with E-state index in [0.717, 1.165) is 11.3 Å². The fraction of sp³-hybridized carbons (Fsp3) is 0.300. The summed E-state index contributed by atoms with van der Waals surface area (Å²) >= 11 is 0. The molecule has 0 atom stereocenters. The second-order valence-electron chi connectivity index (χ2n) is 3.62. The van der Waals surface area contributed by atoms with E-state index < -0.39 is 0 Å². The van der Waals surface area contributed by atoms with Crippen LogP contribution in [0.2, 0.25) is 0 Å². The van der Waals surface area contributed by atoms with Crippen LogP contribution in [0.4, 0.5) is 5.69 Å². The van der Waals surface area contributed by atoms with Gasteiger partial charge in [0.25, 0.3) is 0 Å². The van der Waals surface area contributed by atoms with Crippen molar-refractivity contribution < 1.29 is 0 Å². The Morgan fingerprint density at radius 1 is 1.33 bits per heavy atom. The summed E-state index contributed by atoms with van der Waals surface area (Å²) in [6.07, 6.45) is 0. The van der Waals surface area contributed by atoms with Gasteiger partial charge in [0.2, 0.25) is 5.82 Å². The molecular formula is C10H13N5. The van der Waals surface area contributed by atoms with Gasteiger partial charge in [-0.05, 0) is 31.2 Å². The Hall–Kier alpha value is -1.91. The van der Waals surface area contributed by atoms with Gasteiger partial charge in [-0.15, -0.1) is 10.2 Å². The van der Waals surface area contributed by atoms with Crippen LogP contribution in [0, 0.1) is 0 Å². The van der Waals surface area contributed by atoms with Gasteiger partial charge < -0.3 is 5.32 Å². The molecule has 0 fully saturated rings. The van der Waals surface area contributed by atoms with Crippen LogP contribution in [0.1, 0.15) is 13.8 Å². The third kappa shape index (κ3) is 2.31. The number of hydrogen-bond donors (Lipinski definition) is 2. The third-order valence-electron chi connectivity index (χ3n) is 1.92. The minimum Gasteiger partial charge on any atom is -0.383 e. The number of tetrazole rings is 1. The fourth-order valence-corrected chi connectivity index (χ4v) is 1.37. The highest BCUT2D eigenvalue weighted by atomic mass is 15.5. The Morgan fingerprint density at radius 3 is 2.87 bits per heavy atom. The third-order valence-corrected chi connectivity index (χ3v) is 1.92. The summed E-state index contributed by atoms with van der Waals surface area (Å²) in [4.78, 5) is 0. The molecule has 1 heterocycles. The highest BCUT2D eigenvalue weighted by Crippen LogP contribution is 2.18. The van der Waals surface area contributed by atoms with Crippen LogP contribution in [-0.4, -0.2) is 26.7 Å². The van der Waals surface area contributed by atoms with Crippen LogP contribution in [0.5, 0.6) is 0 Å². The first-order chi connectivity index (χ1) is 7.25. The first kappa shape index (κ1) is 9.64.